The van der Waals surface area contributed by atoms with Gasteiger partial charge in [-0.2, -0.15) is 0 Å². The first-order valence-corrected chi connectivity index (χ1v) is 7.62. The standard InChI is InChI=1S/C15H20ClN3O2/c1-21-14-6-12(17)11(16)5-10(14)15(20)18-13-8-19-4-2-3-9(13)7-19/h5-6,9,13H,2-4,7-8,17H2,1H3,(H,18,20)/t9-,13-/m1/s1. The van der Waals surface area contributed by atoms with E-state index in [4.69, 9.17) is 22.1 Å². The summed E-state index contributed by atoms with van der Waals surface area (Å²) in [6.07, 6.45) is 2.40. The minimum atomic E-state index is -0.146. The molecule has 114 valence electrons. The molecule has 0 aliphatic carbocycles. The van der Waals surface area contributed by atoms with Crippen LogP contribution in [0, 0.1) is 5.92 Å². The van der Waals surface area contributed by atoms with Gasteiger partial charge in [0.2, 0.25) is 0 Å². The summed E-state index contributed by atoms with van der Waals surface area (Å²) in [4.78, 5) is 14.9. The maximum absolute atomic E-state index is 12.5. The smallest absolute Gasteiger partial charge is 0.255 e. The van der Waals surface area contributed by atoms with Crippen molar-refractivity contribution in [1.82, 2.24) is 10.2 Å². The number of carbonyl (C=O) groups is 1. The molecule has 1 unspecified atom stereocenters. The molecule has 2 bridgehead atoms. The van der Waals surface area contributed by atoms with Gasteiger partial charge in [0.25, 0.3) is 5.91 Å². The third kappa shape index (κ3) is 2.80. The van der Waals surface area contributed by atoms with Crippen molar-refractivity contribution in [2.75, 3.05) is 32.5 Å². The zero-order valence-electron chi connectivity index (χ0n) is 12.1. The number of nitrogens with two attached hydrogens (primary N) is 1. The number of halogens is 1. The zero-order valence-corrected chi connectivity index (χ0v) is 12.8. The number of nitrogen functional groups attached to an aromatic ring is 1. The number of fused-ring (bicyclic) bond motifs is 2. The quantitative estimate of drug-likeness (QED) is 0.835. The molecule has 0 radical (unpaired) electrons. The maximum Gasteiger partial charge on any atom is 0.255 e. The zero-order chi connectivity index (χ0) is 15.0. The predicted molar refractivity (Wildman–Crippen MR) is 82.8 cm³/mol. The number of amides is 1. The number of hydrogen-bond donors (Lipinski definition) is 2. The van der Waals surface area contributed by atoms with E-state index in [9.17, 15) is 4.79 Å². The Bertz CT molecular complexity index is 564. The van der Waals surface area contributed by atoms with Crippen molar-refractivity contribution in [3.63, 3.8) is 0 Å². The molecule has 1 aromatic rings. The van der Waals surface area contributed by atoms with Gasteiger partial charge in [-0.3, -0.25) is 4.79 Å². The van der Waals surface area contributed by atoms with Crippen LogP contribution in [0.3, 0.4) is 0 Å². The van der Waals surface area contributed by atoms with Crippen molar-refractivity contribution in [2.24, 2.45) is 5.92 Å². The van der Waals surface area contributed by atoms with Crippen LogP contribution in [0.2, 0.25) is 5.02 Å². The Kier molecular flexibility index (Phi) is 3.95. The van der Waals surface area contributed by atoms with Crippen molar-refractivity contribution >= 4 is 23.2 Å². The van der Waals surface area contributed by atoms with Crippen LogP contribution in [0.5, 0.6) is 5.75 Å². The van der Waals surface area contributed by atoms with Crippen LogP contribution in [-0.4, -0.2) is 43.6 Å². The lowest BCUT2D eigenvalue weighted by atomic mass is 9.96. The number of benzene rings is 1. The lowest BCUT2D eigenvalue weighted by molar-refractivity contribution is 0.0927. The molecule has 2 heterocycles. The summed E-state index contributed by atoms with van der Waals surface area (Å²) in [6.45, 7) is 3.16. The number of methoxy groups -OCH3 is 1. The summed E-state index contributed by atoms with van der Waals surface area (Å²) in [5.41, 5.74) is 6.60. The average molecular weight is 310 g/mol. The molecule has 21 heavy (non-hydrogen) atoms. The summed E-state index contributed by atoms with van der Waals surface area (Å²) in [5, 5.41) is 3.50. The van der Waals surface area contributed by atoms with Gasteiger partial charge < -0.3 is 20.7 Å². The maximum atomic E-state index is 12.5. The molecule has 0 spiro atoms. The molecule has 0 saturated carbocycles. The highest BCUT2D eigenvalue weighted by Crippen LogP contribution is 2.30. The Labute approximate surface area is 129 Å². The number of ether oxygens (including phenoxy) is 1. The highest BCUT2D eigenvalue weighted by molar-refractivity contribution is 6.33. The van der Waals surface area contributed by atoms with Gasteiger partial charge in [-0.25, -0.2) is 0 Å². The SMILES string of the molecule is COc1cc(N)c(Cl)cc1C(=O)N[C@@H]1CN2CCC[C@@H]1C2. The summed E-state index contributed by atoms with van der Waals surface area (Å²) in [7, 11) is 1.52. The van der Waals surface area contributed by atoms with Crippen LogP contribution in [0.1, 0.15) is 23.2 Å². The largest absolute Gasteiger partial charge is 0.496 e. The van der Waals surface area contributed by atoms with Crippen molar-refractivity contribution in [3.05, 3.63) is 22.7 Å². The number of anilines is 1. The topological polar surface area (TPSA) is 67.6 Å². The first kappa shape index (κ1) is 14.5. The first-order chi connectivity index (χ1) is 10.1. The lowest BCUT2D eigenvalue weighted by Crippen LogP contribution is -2.40. The van der Waals surface area contributed by atoms with E-state index < -0.39 is 0 Å². The Morgan fingerprint density at radius 2 is 2.29 bits per heavy atom. The lowest BCUT2D eigenvalue weighted by Gasteiger charge is -2.22. The Morgan fingerprint density at radius 1 is 1.48 bits per heavy atom. The van der Waals surface area contributed by atoms with Gasteiger partial charge in [0.1, 0.15) is 5.75 Å². The molecule has 2 aliphatic rings. The molecule has 0 aromatic heterocycles. The average Bonchev–Trinajstić information content (AvgIpc) is 2.75. The third-order valence-corrected chi connectivity index (χ3v) is 4.77. The molecule has 2 saturated heterocycles. The van der Waals surface area contributed by atoms with Gasteiger partial charge in [0.15, 0.2) is 0 Å². The molecule has 2 fully saturated rings. The Hall–Kier alpha value is -1.46. The highest BCUT2D eigenvalue weighted by Gasteiger charge is 2.36. The molecule has 3 atom stereocenters. The molecular formula is C15H20ClN3O2. The van der Waals surface area contributed by atoms with E-state index in [1.54, 1.807) is 12.1 Å². The van der Waals surface area contributed by atoms with Gasteiger partial charge in [-0.1, -0.05) is 11.6 Å². The normalized spacial score (nSPS) is 27.4. The summed E-state index contributed by atoms with van der Waals surface area (Å²) in [5.74, 6) is 0.862. The monoisotopic (exact) mass is 309 g/mol. The predicted octanol–water partition coefficient (Wildman–Crippen LogP) is 1.75. The highest BCUT2D eigenvalue weighted by atomic mass is 35.5. The Balaban J connectivity index is 1.78. The van der Waals surface area contributed by atoms with Crippen molar-refractivity contribution in [2.45, 2.75) is 18.9 Å². The van der Waals surface area contributed by atoms with Gasteiger partial charge in [0.05, 0.1) is 23.4 Å². The minimum Gasteiger partial charge on any atom is -0.496 e. The molecule has 2 aliphatic heterocycles. The van der Waals surface area contributed by atoms with E-state index in [0.717, 1.165) is 19.6 Å². The van der Waals surface area contributed by atoms with E-state index in [1.165, 1.54) is 20.0 Å². The van der Waals surface area contributed by atoms with E-state index in [0.29, 0.717) is 27.9 Å². The van der Waals surface area contributed by atoms with Crippen LogP contribution in [0.15, 0.2) is 12.1 Å². The molecule has 3 rings (SSSR count). The van der Waals surface area contributed by atoms with Gasteiger partial charge >= 0.3 is 0 Å². The van der Waals surface area contributed by atoms with E-state index in [2.05, 4.69) is 10.2 Å². The number of carbonyl (C=O) groups excluding carboxylic acids is 1. The van der Waals surface area contributed by atoms with Crippen molar-refractivity contribution < 1.29 is 9.53 Å². The van der Waals surface area contributed by atoms with Crippen LogP contribution in [-0.2, 0) is 0 Å². The van der Waals surface area contributed by atoms with Crippen molar-refractivity contribution in [1.29, 1.82) is 0 Å². The fourth-order valence-corrected chi connectivity index (χ4v) is 3.50. The molecule has 1 aromatic carbocycles. The van der Waals surface area contributed by atoms with E-state index >= 15 is 0 Å². The van der Waals surface area contributed by atoms with Crippen LogP contribution < -0.4 is 15.8 Å². The second-order valence-corrected chi connectivity index (χ2v) is 6.22. The summed E-state index contributed by atoms with van der Waals surface area (Å²) in [6, 6.07) is 3.38. The van der Waals surface area contributed by atoms with Crippen LogP contribution in [0.4, 0.5) is 5.69 Å². The van der Waals surface area contributed by atoms with Gasteiger partial charge in [0, 0.05) is 25.2 Å². The van der Waals surface area contributed by atoms with E-state index in [-0.39, 0.29) is 11.9 Å². The molecule has 1 amide bonds. The molecule has 6 heteroatoms. The molecule has 5 nitrogen and oxygen atoms in total. The van der Waals surface area contributed by atoms with Crippen LogP contribution >= 0.6 is 11.6 Å². The Morgan fingerprint density at radius 3 is 3.00 bits per heavy atom. The second kappa shape index (κ2) is 5.73. The van der Waals surface area contributed by atoms with Gasteiger partial charge in [-0.15, -0.1) is 0 Å². The fourth-order valence-electron chi connectivity index (χ4n) is 3.34. The third-order valence-electron chi connectivity index (χ3n) is 4.45. The fraction of sp³-hybridized carbons (Fsp3) is 0.533. The molecule has 3 N–H and O–H groups in total. The van der Waals surface area contributed by atoms with E-state index in [1.807, 2.05) is 0 Å². The minimum absolute atomic E-state index is 0.146. The number of nitrogens with zero attached hydrogens (tertiary/aromatic N) is 1. The van der Waals surface area contributed by atoms with Crippen molar-refractivity contribution in [3.8, 4) is 5.75 Å². The number of rotatable bonds is 3. The van der Waals surface area contributed by atoms with Crippen LogP contribution in [0.25, 0.3) is 0 Å². The second-order valence-electron chi connectivity index (χ2n) is 5.82. The van der Waals surface area contributed by atoms with Gasteiger partial charge in [-0.05, 0) is 31.4 Å². The number of nitrogens with one attached hydrogen (secondary N) is 1. The molecular weight excluding hydrogens is 290 g/mol. The summed E-state index contributed by atoms with van der Waals surface area (Å²) < 4.78 is 5.24. The first-order valence-electron chi connectivity index (χ1n) is 7.24. The number of hydrogen-bond acceptors (Lipinski definition) is 4. The summed E-state index contributed by atoms with van der Waals surface area (Å²) >= 11 is 6.02. The number of piperidine rings is 1.